The summed E-state index contributed by atoms with van der Waals surface area (Å²) in [5, 5.41) is 12.3. The Bertz CT molecular complexity index is 808. The number of benzene rings is 2. The summed E-state index contributed by atoms with van der Waals surface area (Å²) >= 11 is 6.04. The first kappa shape index (κ1) is 19.2. The largest absolute Gasteiger partial charge is 1.00 e. The molecule has 0 aliphatic carbocycles. The monoisotopic (exact) mass is 436 g/mol. The lowest BCUT2D eigenvalue weighted by Crippen LogP contribution is -3.00. The molecule has 0 saturated heterocycles. The first-order chi connectivity index (χ1) is 12.1. The van der Waals surface area contributed by atoms with E-state index in [0.29, 0.717) is 18.2 Å². The normalized spacial score (nSPS) is 21.6. The van der Waals surface area contributed by atoms with Crippen molar-refractivity contribution in [2.75, 3.05) is 24.6 Å². The van der Waals surface area contributed by atoms with Crippen LogP contribution < -0.4 is 26.6 Å². The van der Waals surface area contributed by atoms with E-state index >= 15 is 0 Å². The van der Waals surface area contributed by atoms with Crippen LogP contribution in [0, 0.1) is 0 Å². The SMILES string of the molecule is CCOc1ccc(N2C3=[N+](CCC3)CC2(O)c2ccc(Cl)cc2)cc1.[Br-]. The number of halogens is 2. The minimum absolute atomic E-state index is 0. The van der Waals surface area contributed by atoms with Gasteiger partial charge in [0.15, 0.2) is 6.54 Å². The third kappa shape index (κ3) is 3.24. The molecule has 1 unspecified atom stereocenters. The average molecular weight is 438 g/mol. The quantitative estimate of drug-likeness (QED) is 0.712. The van der Waals surface area contributed by atoms with Crippen molar-refractivity contribution >= 4 is 23.1 Å². The average Bonchev–Trinajstić information content (AvgIpc) is 3.15. The smallest absolute Gasteiger partial charge is 0.275 e. The molecular formula is C20H22BrClN2O2. The highest BCUT2D eigenvalue weighted by Gasteiger charge is 2.55. The maximum Gasteiger partial charge on any atom is 0.275 e. The maximum atomic E-state index is 11.6. The van der Waals surface area contributed by atoms with Crippen LogP contribution >= 0.6 is 11.6 Å². The van der Waals surface area contributed by atoms with Gasteiger partial charge in [0.1, 0.15) is 11.4 Å². The molecule has 26 heavy (non-hydrogen) atoms. The van der Waals surface area contributed by atoms with Gasteiger partial charge >= 0.3 is 0 Å². The Morgan fingerprint density at radius 2 is 1.85 bits per heavy atom. The Morgan fingerprint density at radius 1 is 1.15 bits per heavy atom. The van der Waals surface area contributed by atoms with Gasteiger partial charge in [0, 0.05) is 10.6 Å². The molecule has 2 aromatic carbocycles. The Labute approximate surface area is 169 Å². The molecule has 138 valence electrons. The van der Waals surface area contributed by atoms with E-state index in [9.17, 15) is 5.11 Å². The molecule has 0 spiro atoms. The lowest BCUT2D eigenvalue weighted by atomic mass is 10.00. The molecule has 1 atom stereocenters. The highest BCUT2D eigenvalue weighted by molar-refractivity contribution is 6.30. The van der Waals surface area contributed by atoms with Gasteiger partial charge in [-0.1, -0.05) is 23.7 Å². The van der Waals surface area contributed by atoms with Gasteiger partial charge in [-0.2, -0.15) is 4.90 Å². The molecule has 2 aliphatic heterocycles. The van der Waals surface area contributed by atoms with Crippen molar-refractivity contribution in [1.29, 1.82) is 0 Å². The molecule has 0 bridgehead atoms. The number of aliphatic hydroxyl groups is 1. The van der Waals surface area contributed by atoms with Crippen molar-refractivity contribution in [3.8, 4) is 5.75 Å². The van der Waals surface area contributed by atoms with Crippen molar-refractivity contribution in [1.82, 2.24) is 0 Å². The fourth-order valence-corrected chi connectivity index (χ4v) is 3.97. The van der Waals surface area contributed by atoms with E-state index in [-0.39, 0.29) is 17.0 Å². The third-order valence-electron chi connectivity index (χ3n) is 4.95. The molecule has 0 amide bonds. The summed E-state index contributed by atoms with van der Waals surface area (Å²) in [7, 11) is 0. The summed E-state index contributed by atoms with van der Waals surface area (Å²) in [6.45, 7) is 4.17. The molecule has 0 fully saturated rings. The number of nitrogens with zero attached hydrogens (tertiary/aromatic N) is 2. The molecule has 1 N–H and O–H groups in total. The Morgan fingerprint density at radius 3 is 2.50 bits per heavy atom. The number of ether oxygens (including phenoxy) is 1. The van der Waals surface area contributed by atoms with Crippen molar-refractivity contribution in [3.05, 3.63) is 59.1 Å². The zero-order chi connectivity index (χ0) is 17.4. The molecule has 2 aromatic rings. The summed E-state index contributed by atoms with van der Waals surface area (Å²) in [6, 6.07) is 15.4. The minimum atomic E-state index is -1.09. The molecule has 0 saturated carbocycles. The second kappa shape index (κ2) is 7.59. The number of hydrogen-bond donors (Lipinski definition) is 1. The highest BCUT2D eigenvalue weighted by atomic mass is 79.9. The lowest BCUT2D eigenvalue weighted by molar-refractivity contribution is -0.526. The molecule has 4 rings (SSSR count). The Kier molecular flexibility index (Phi) is 5.61. The molecule has 0 radical (unpaired) electrons. The van der Waals surface area contributed by atoms with E-state index in [1.165, 1.54) is 5.84 Å². The molecule has 2 aliphatic rings. The van der Waals surface area contributed by atoms with Crippen molar-refractivity contribution in [2.45, 2.75) is 25.5 Å². The maximum absolute atomic E-state index is 11.6. The molecular weight excluding hydrogens is 416 g/mol. The zero-order valence-electron chi connectivity index (χ0n) is 14.7. The third-order valence-corrected chi connectivity index (χ3v) is 5.20. The summed E-state index contributed by atoms with van der Waals surface area (Å²) in [4.78, 5) is 2.07. The first-order valence-corrected chi connectivity index (χ1v) is 9.12. The van der Waals surface area contributed by atoms with Crippen molar-refractivity contribution in [3.63, 3.8) is 0 Å². The fourth-order valence-electron chi connectivity index (χ4n) is 3.85. The van der Waals surface area contributed by atoms with Crippen LogP contribution in [-0.2, 0) is 5.72 Å². The first-order valence-electron chi connectivity index (χ1n) is 8.74. The van der Waals surface area contributed by atoms with E-state index in [0.717, 1.165) is 36.4 Å². The van der Waals surface area contributed by atoms with Crippen LogP contribution in [0.1, 0.15) is 25.3 Å². The standard InChI is InChI=1S/C20H22ClN2O2.BrH/c1-2-25-18-11-9-17(10-12-18)23-19-4-3-13-22(19)14-20(23,24)15-5-7-16(21)8-6-15;/h5-12,24H,2-4,13-14H2,1H3;1H/q+1;/p-1. The van der Waals surface area contributed by atoms with E-state index in [4.69, 9.17) is 16.3 Å². The van der Waals surface area contributed by atoms with Gasteiger partial charge in [0.05, 0.1) is 19.6 Å². The van der Waals surface area contributed by atoms with Crippen molar-refractivity contribution < 1.29 is 31.4 Å². The number of amidine groups is 1. The van der Waals surface area contributed by atoms with E-state index in [1.807, 2.05) is 55.5 Å². The fraction of sp³-hybridized carbons (Fsp3) is 0.350. The molecule has 0 aromatic heterocycles. The summed E-state index contributed by atoms with van der Waals surface area (Å²) < 4.78 is 7.83. The Hall–Kier alpha value is -1.56. The summed E-state index contributed by atoms with van der Waals surface area (Å²) in [6.07, 6.45) is 2.10. The number of anilines is 1. The predicted molar refractivity (Wildman–Crippen MR) is 99.7 cm³/mol. The van der Waals surface area contributed by atoms with Crippen LogP contribution in [0.4, 0.5) is 5.69 Å². The van der Waals surface area contributed by atoms with Crippen LogP contribution in [0.5, 0.6) is 5.75 Å². The van der Waals surface area contributed by atoms with Gasteiger partial charge in [0.25, 0.3) is 11.6 Å². The molecule has 6 heteroatoms. The van der Waals surface area contributed by atoms with Crippen LogP contribution in [-0.4, -0.2) is 35.2 Å². The molecule has 4 nitrogen and oxygen atoms in total. The van der Waals surface area contributed by atoms with Crippen LogP contribution in [0.3, 0.4) is 0 Å². The minimum Gasteiger partial charge on any atom is -1.00 e. The number of rotatable bonds is 4. The van der Waals surface area contributed by atoms with Crippen LogP contribution in [0.25, 0.3) is 0 Å². The second-order valence-electron chi connectivity index (χ2n) is 6.53. The summed E-state index contributed by atoms with van der Waals surface area (Å²) in [5.74, 6) is 2.02. The number of hydrogen-bond acceptors (Lipinski definition) is 3. The van der Waals surface area contributed by atoms with Gasteiger partial charge < -0.3 is 26.8 Å². The summed E-state index contributed by atoms with van der Waals surface area (Å²) in [5.41, 5.74) is 0.737. The van der Waals surface area contributed by atoms with Crippen LogP contribution in [0.2, 0.25) is 5.02 Å². The lowest BCUT2D eigenvalue weighted by Gasteiger charge is -2.29. The van der Waals surface area contributed by atoms with E-state index in [2.05, 4.69) is 9.48 Å². The zero-order valence-corrected chi connectivity index (χ0v) is 17.0. The topological polar surface area (TPSA) is 35.7 Å². The second-order valence-corrected chi connectivity index (χ2v) is 6.96. The van der Waals surface area contributed by atoms with Gasteiger partial charge in [0.2, 0.25) is 0 Å². The van der Waals surface area contributed by atoms with Gasteiger partial charge in [-0.15, -0.1) is 0 Å². The molecule has 2 heterocycles. The van der Waals surface area contributed by atoms with Gasteiger partial charge in [-0.05, 0) is 49.7 Å². The van der Waals surface area contributed by atoms with Gasteiger partial charge in [-0.3, -0.25) is 4.58 Å². The van der Waals surface area contributed by atoms with Crippen molar-refractivity contribution in [2.24, 2.45) is 0 Å². The van der Waals surface area contributed by atoms with E-state index < -0.39 is 5.72 Å². The highest BCUT2D eigenvalue weighted by Crippen LogP contribution is 2.39. The Balaban J connectivity index is 0.00000196. The van der Waals surface area contributed by atoms with E-state index in [1.54, 1.807) is 0 Å². The predicted octanol–water partition coefficient (Wildman–Crippen LogP) is 0.613. The van der Waals surface area contributed by atoms with Crippen LogP contribution in [0.15, 0.2) is 48.5 Å². The van der Waals surface area contributed by atoms with Gasteiger partial charge in [-0.25, -0.2) is 0 Å².